The van der Waals surface area contributed by atoms with E-state index in [9.17, 15) is 5.11 Å². The number of rotatable bonds is 4. The highest BCUT2D eigenvalue weighted by atomic mass is 16.2. The average Bonchev–Trinajstić information content (AvgIpc) is 3.01. The molecule has 1 nitrogen and oxygen atoms in total. The van der Waals surface area contributed by atoms with E-state index in [1.165, 1.54) is 51.4 Å². The molecule has 4 saturated carbocycles. The van der Waals surface area contributed by atoms with Gasteiger partial charge in [-0.3, -0.25) is 0 Å². The first-order chi connectivity index (χ1) is 13.2. The van der Waals surface area contributed by atoms with Crippen molar-refractivity contribution in [2.24, 2.45) is 64.1 Å². The number of hydrogen-bond donors (Lipinski definition) is 1. The molecule has 11 atom stereocenters. The van der Waals surface area contributed by atoms with Crippen molar-refractivity contribution >= 4 is 0 Å². The summed E-state index contributed by atoms with van der Waals surface area (Å²) < 4.78 is 0. The lowest BCUT2D eigenvalue weighted by Gasteiger charge is -2.65. The Balaban J connectivity index is 1.62. The van der Waals surface area contributed by atoms with E-state index in [2.05, 4.69) is 41.5 Å². The van der Waals surface area contributed by atoms with Crippen LogP contribution < -0.4 is 0 Å². The monoisotopic (exact) mass is 388 g/mol. The van der Waals surface area contributed by atoms with Gasteiger partial charge in [0.05, 0.1) is 0 Å². The Morgan fingerprint density at radius 1 is 0.964 bits per heavy atom. The zero-order valence-electron chi connectivity index (χ0n) is 19.7. The maximum Gasteiger partial charge on any atom is 0.0431 e. The molecule has 0 aliphatic heterocycles. The fraction of sp³-hybridized carbons (Fsp3) is 1.00. The van der Waals surface area contributed by atoms with Gasteiger partial charge < -0.3 is 5.11 Å². The Morgan fingerprint density at radius 3 is 2.43 bits per heavy atom. The molecule has 4 fully saturated rings. The van der Waals surface area contributed by atoms with Crippen molar-refractivity contribution in [1.29, 1.82) is 0 Å². The molecule has 0 aromatic heterocycles. The van der Waals surface area contributed by atoms with E-state index in [4.69, 9.17) is 0 Å². The van der Waals surface area contributed by atoms with Gasteiger partial charge in [-0.2, -0.15) is 0 Å². The Morgan fingerprint density at radius 2 is 1.71 bits per heavy atom. The summed E-state index contributed by atoms with van der Waals surface area (Å²) in [5, 5.41) is 9.35. The van der Waals surface area contributed by atoms with Gasteiger partial charge in [-0.1, -0.05) is 48.0 Å². The summed E-state index contributed by atoms with van der Waals surface area (Å²) in [6, 6.07) is 0. The first kappa shape index (κ1) is 21.2. The molecule has 0 saturated heterocycles. The second-order valence-electron chi connectivity index (χ2n) is 12.6. The van der Waals surface area contributed by atoms with Crippen LogP contribution in [0, 0.1) is 64.1 Å². The molecule has 0 aromatic carbocycles. The first-order valence-corrected chi connectivity index (χ1v) is 12.8. The van der Waals surface area contributed by atoms with Crippen LogP contribution >= 0.6 is 0 Å². The molecular weight excluding hydrogens is 340 g/mol. The summed E-state index contributed by atoms with van der Waals surface area (Å²) in [5.74, 6) is 8.31. The SMILES string of the molecule is CC1CCC2(C)C(C1)CC(C)C1C2CC(C)C2(C)C(C(C)CCCO)CCC12. The molecule has 1 heteroatoms. The third-order valence-electron chi connectivity index (χ3n) is 11.4. The highest BCUT2D eigenvalue weighted by molar-refractivity contribution is 5.12. The van der Waals surface area contributed by atoms with Gasteiger partial charge in [0.2, 0.25) is 0 Å². The molecule has 0 bridgehead atoms. The van der Waals surface area contributed by atoms with E-state index >= 15 is 0 Å². The van der Waals surface area contributed by atoms with Crippen molar-refractivity contribution in [2.45, 2.75) is 99.3 Å². The summed E-state index contributed by atoms with van der Waals surface area (Å²) >= 11 is 0. The molecular formula is C27H48O. The van der Waals surface area contributed by atoms with Crippen LogP contribution in [0.1, 0.15) is 99.3 Å². The van der Waals surface area contributed by atoms with Gasteiger partial charge in [-0.25, -0.2) is 0 Å². The third kappa shape index (κ3) is 3.04. The fourth-order valence-corrected chi connectivity index (χ4v) is 9.77. The van der Waals surface area contributed by atoms with E-state index in [0.29, 0.717) is 17.4 Å². The highest BCUT2D eigenvalue weighted by Gasteiger charge is 2.64. The summed E-state index contributed by atoms with van der Waals surface area (Å²) in [6.07, 6.45) is 12.6. The minimum atomic E-state index is 0.368. The van der Waals surface area contributed by atoms with Crippen molar-refractivity contribution in [1.82, 2.24) is 0 Å². The maximum absolute atomic E-state index is 9.35. The maximum atomic E-state index is 9.35. The van der Waals surface area contributed by atoms with Gasteiger partial charge in [0.25, 0.3) is 0 Å². The van der Waals surface area contributed by atoms with E-state index in [1.54, 1.807) is 0 Å². The van der Waals surface area contributed by atoms with Crippen molar-refractivity contribution < 1.29 is 5.11 Å². The summed E-state index contributed by atoms with van der Waals surface area (Å²) in [7, 11) is 0. The predicted molar refractivity (Wildman–Crippen MR) is 119 cm³/mol. The van der Waals surface area contributed by atoms with Crippen LogP contribution in [0.5, 0.6) is 0 Å². The largest absolute Gasteiger partial charge is 0.396 e. The van der Waals surface area contributed by atoms with Crippen LogP contribution in [0.4, 0.5) is 0 Å². The minimum absolute atomic E-state index is 0.368. The van der Waals surface area contributed by atoms with Gasteiger partial charge in [-0.05, 0) is 115 Å². The second-order valence-corrected chi connectivity index (χ2v) is 12.6. The second kappa shape index (κ2) is 7.58. The molecule has 4 rings (SSSR count). The molecule has 162 valence electrons. The van der Waals surface area contributed by atoms with Gasteiger partial charge in [0.1, 0.15) is 0 Å². The third-order valence-corrected chi connectivity index (χ3v) is 11.4. The smallest absolute Gasteiger partial charge is 0.0431 e. The number of fused-ring (bicyclic) bond motifs is 5. The van der Waals surface area contributed by atoms with Crippen LogP contribution in [0.25, 0.3) is 0 Å². The Labute approximate surface area is 175 Å². The van der Waals surface area contributed by atoms with Gasteiger partial charge >= 0.3 is 0 Å². The zero-order valence-corrected chi connectivity index (χ0v) is 19.7. The molecule has 0 heterocycles. The first-order valence-electron chi connectivity index (χ1n) is 12.8. The molecule has 0 aromatic rings. The number of hydrogen-bond acceptors (Lipinski definition) is 1. The van der Waals surface area contributed by atoms with Gasteiger partial charge in [0, 0.05) is 6.61 Å². The fourth-order valence-electron chi connectivity index (χ4n) is 9.77. The van der Waals surface area contributed by atoms with Crippen molar-refractivity contribution in [3.05, 3.63) is 0 Å². The summed E-state index contributed by atoms with van der Waals surface area (Å²) in [4.78, 5) is 0. The molecule has 1 N–H and O–H groups in total. The standard InChI is InChI=1S/C27H48O/c1-17-11-12-26(5)21(14-17)15-19(3)25-23-10-9-22(18(2)8-7-13-28)27(23,6)20(4)16-24(25)26/h17-25,28H,7-16H2,1-6H3. The Bertz CT molecular complexity index is 556. The molecule has 4 aliphatic carbocycles. The van der Waals surface area contributed by atoms with Crippen molar-refractivity contribution in [2.75, 3.05) is 6.61 Å². The molecule has 0 spiro atoms. The summed E-state index contributed by atoms with van der Waals surface area (Å²) in [6.45, 7) is 16.1. The lowest BCUT2D eigenvalue weighted by Crippen LogP contribution is -2.58. The molecule has 0 amide bonds. The van der Waals surface area contributed by atoms with E-state index in [-0.39, 0.29) is 0 Å². The number of aliphatic hydroxyl groups is 1. The van der Waals surface area contributed by atoms with Crippen LogP contribution in [0.2, 0.25) is 0 Å². The van der Waals surface area contributed by atoms with Gasteiger partial charge in [0.15, 0.2) is 0 Å². The van der Waals surface area contributed by atoms with Crippen LogP contribution in [-0.4, -0.2) is 11.7 Å². The van der Waals surface area contributed by atoms with E-state index in [0.717, 1.165) is 59.7 Å². The normalized spacial score (nSPS) is 54.5. The molecule has 11 unspecified atom stereocenters. The topological polar surface area (TPSA) is 20.2 Å². The number of aliphatic hydroxyl groups excluding tert-OH is 1. The molecule has 0 radical (unpaired) electrons. The molecule has 4 aliphatic rings. The highest BCUT2D eigenvalue weighted by Crippen LogP contribution is 2.71. The predicted octanol–water partition coefficient (Wildman–Crippen LogP) is 7.18. The van der Waals surface area contributed by atoms with Crippen LogP contribution in [-0.2, 0) is 0 Å². The van der Waals surface area contributed by atoms with Crippen LogP contribution in [0.15, 0.2) is 0 Å². The van der Waals surface area contributed by atoms with E-state index in [1.807, 2.05) is 0 Å². The summed E-state index contributed by atoms with van der Waals surface area (Å²) in [5.41, 5.74) is 1.16. The Kier molecular flexibility index (Phi) is 5.74. The Hall–Kier alpha value is -0.0400. The minimum Gasteiger partial charge on any atom is -0.396 e. The van der Waals surface area contributed by atoms with Crippen LogP contribution in [0.3, 0.4) is 0 Å². The van der Waals surface area contributed by atoms with Crippen molar-refractivity contribution in [3.8, 4) is 0 Å². The molecule has 28 heavy (non-hydrogen) atoms. The lowest BCUT2D eigenvalue weighted by atomic mass is 9.40. The van der Waals surface area contributed by atoms with Crippen molar-refractivity contribution in [3.63, 3.8) is 0 Å². The zero-order chi connectivity index (χ0) is 20.3. The quantitative estimate of drug-likeness (QED) is 0.540. The average molecular weight is 389 g/mol. The van der Waals surface area contributed by atoms with Gasteiger partial charge in [-0.15, -0.1) is 0 Å². The van der Waals surface area contributed by atoms with E-state index < -0.39 is 0 Å². The lowest BCUT2D eigenvalue weighted by molar-refractivity contribution is -0.162.